The number of hydrogen-bond acceptors (Lipinski definition) is 1. The van der Waals surface area contributed by atoms with Gasteiger partial charge in [0, 0.05) is 11.5 Å². The van der Waals surface area contributed by atoms with Crippen molar-refractivity contribution in [2.75, 3.05) is 0 Å². The lowest BCUT2D eigenvalue weighted by Gasteiger charge is -2.13. The van der Waals surface area contributed by atoms with Gasteiger partial charge in [-0.3, -0.25) is 4.79 Å². The molecule has 0 fully saturated rings. The van der Waals surface area contributed by atoms with Crippen LogP contribution in [0.15, 0.2) is 35.9 Å². The molecule has 1 nitrogen and oxygen atoms in total. The number of carbonyl (C=O) groups excluding carboxylic acids is 1. The molecule has 0 saturated heterocycles. The van der Waals surface area contributed by atoms with E-state index in [1.165, 1.54) is 11.1 Å². The third-order valence-electron chi connectivity index (χ3n) is 3.86. The minimum absolute atomic E-state index is 0.178. The van der Waals surface area contributed by atoms with E-state index in [2.05, 4.69) is 39.8 Å². The van der Waals surface area contributed by atoms with E-state index in [1.807, 2.05) is 18.2 Å². The van der Waals surface area contributed by atoms with Crippen LogP contribution in [0.2, 0.25) is 0 Å². The van der Waals surface area contributed by atoms with Crippen LogP contribution in [-0.4, -0.2) is 5.78 Å². The van der Waals surface area contributed by atoms with Gasteiger partial charge in [0.15, 0.2) is 5.78 Å². The number of allylic oxidation sites excluding steroid dienone is 2. The minimum atomic E-state index is 0.178. The smallest absolute Gasteiger partial charge is 0.163 e. The summed E-state index contributed by atoms with van der Waals surface area (Å²) in [6, 6.07) is 10.4. The Labute approximate surface area is 110 Å². The molecule has 0 spiro atoms. The molecule has 1 aromatic carbocycles. The third kappa shape index (κ3) is 2.27. The van der Waals surface area contributed by atoms with Crippen molar-refractivity contribution in [1.82, 2.24) is 0 Å². The van der Waals surface area contributed by atoms with E-state index in [-0.39, 0.29) is 5.92 Å². The molecule has 0 saturated carbocycles. The van der Waals surface area contributed by atoms with Crippen molar-refractivity contribution in [1.29, 1.82) is 0 Å². The molecule has 0 bridgehead atoms. The van der Waals surface area contributed by atoms with Gasteiger partial charge in [-0.25, -0.2) is 0 Å². The molecule has 1 atom stereocenters. The number of carbonyl (C=O) groups is 1. The molecule has 0 N–H and O–H groups in total. The zero-order chi connectivity index (χ0) is 13.3. The van der Waals surface area contributed by atoms with Crippen LogP contribution in [0.4, 0.5) is 0 Å². The highest BCUT2D eigenvalue weighted by Gasteiger charge is 2.36. The monoisotopic (exact) mass is 242 g/mol. The van der Waals surface area contributed by atoms with Crippen molar-refractivity contribution < 1.29 is 4.79 Å². The number of hydrogen-bond donors (Lipinski definition) is 0. The average molecular weight is 242 g/mol. The molecule has 2 rings (SSSR count). The first-order chi connectivity index (χ1) is 8.52. The number of benzene rings is 1. The van der Waals surface area contributed by atoms with E-state index in [0.29, 0.717) is 17.6 Å². The highest BCUT2D eigenvalue weighted by Crippen LogP contribution is 2.41. The molecule has 0 aliphatic heterocycles. The standard InChI is InChI=1S/C17H22O/c1-11(2)14-10-15(13-8-6-5-7-9-13)16(12(3)4)17(14)18/h5-9,11-12,14H,10H2,1-4H3. The molecule has 1 aromatic rings. The first kappa shape index (κ1) is 13.1. The van der Waals surface area contributed by atoms with Gasteiger partial charge < -0.3 is 0 Å². The van der Waals surface area contributed by atoms with Crippen LogP contribution >= 0.6 is 0 Å². The summed E-state index contributed by atoms with van der Waals surface area (Å²) in [6.45, 7) is 8.54. The highest BCUT2D eigenvalue weighted by atomic mass is 16.1. The van der Waals surface area contributed by atoms with Crippen molar-refractivity contribution >= 4 is 11.4 Å². The first-order valence-electron chi connectivity index (χ1n) is 6.85. The fourth-order valence-corrected chi connectivity index (χ4v) is 2.86. The highest BCUT2D eigenvalue weighted by molar-refractivity contribution is 6.09. The Bertz CT molecular complexity index is 466. The van der Waals surface area contributed by atoms with Crippen LogP contribution in [0.3, 0.4) is 0 Å². The molecule has 0 heterocycles. The first-order valence-corrected chi connectivity index (χ1v) is 6.85. The van der Waals surface area contributed by atoms with Gasteiger partial charge in [-0.1, -0.05) is 58.0 Å². The number of ketones is 1. The molecule has 1 aliphatic rings. The Kier molecular flexibility index (Phi) is 3.70. The second kappa shape index (κ2) is 5.09. The Morgan fingerprint density at radius 1 is 1.06 bits per heavy atom. The predicted octanol–water partition coefficient (Wildman–Crippen LogP) is 4.34. The quantitative estimate of drug-likeness (QED) is 0.770. The van der Waals surface area contributed by atoms with Gasteiger partial charge in [0.25, 0.3) is 0 Å². The van der Waals surface area contributed by atoms with E-state index >= 15 is 0 Å². The van der Waals surface area contributed by atoms with Crippen molar-refractivity contribution in [2.45, 2.75) is 34.1 Å². The van der Waals surface area contributed by atoms with Gasteiger partial charge in [-0.05, 0) is 29.4 Å². The van der Waals surface area contributed by atoms with Crippen LogP contribution in [0.5, 0.6) is 0 Å². The molecular formula is C17H22O. The van der Waals surface area contributed by atoms with Crippen LogP contribution in [0.25, 0.3) is 5.57 Å². The lowest BCUT2D eigenvalue weighted by Crippen LogP contribution is -2.18. The summed E-state index contributed by atoms with van der Waals surface area (Å²) in [4.78, 5) is 12.5. The fraction of sp³-hybridized carbons (Fsp3) is 0.471. The summed E-state index contributed by atoms with van der Waals surface area (Å²) < 4.78 is 0. The number of rotatable bonds is 3. The molecule has 1 heteroatoms. The summed E-state index contributed by atoms with van der Waals surface area (Å²) in [5.74, 6) is 1.29. The minimum Gasteiger partial charge on any atom is -0.294 e. The zero-order valence-electron chi connectivity index (χ0n) is 11.7. The fourth-order valence-electron chi connectivity index (χ4n) is 2.86. The summed E-state index contributed by atoms with van der Waals surface area (Å²) in [6.07, 6.45) is 0.911. The van der Waals surface area contributed by atoms with Crippen molar-refractivity contribution in [3.05, 3.63) is 41.5 Å². The predicted molar refractivity (Wildman–Crippen MR) is 76.2 cm³/mol. The Morgan fingerprint density at radius 2 is 1.67 bits per heavy atom. The number of Topliss-reactive ketones (excluding diaryl/α,β-unsaturated/α-hetero) is 1. The molecule has 96 valence electrons. The van der Waals surface area contributed by atoms with E-state index in [1.54, 1.807) is 0 Å². The second-order valence-corrected chi connectivity index (χ2v) is 5.83. The Hall–Kier alpha value is -1.37. The summed E-state index contributed by atoms with van der Waals surface area (Å²) in [7, 11) is 0. The SMILES string of the molecule is CC(C)C1=C(c2ccccc2)CC(C(C)C)C1=O. The van der Waals surface area contributed by atoms with Gasteiger partial charge in [-0.2, -0.15) is 0 Å². The van der Waals surface area contributed by atoms with Gasteiger partial charge in [0.2, 0.25) is 0 Å². The Balaban J connectivity index is 2.45. The topological polar surface area (TPSA) is 17.1 Å². The third-order valence-corrected chi connectivity index (χ3v) is 3.86. The molecule has 0 amide bonds. The maximum absolute atomic E-state index is 12.5. The normalized spacial score (nSPS) is 20.3. The molecule has 1 aliphatic carbocycles. The molecule has 0 aromatic heterocycles. The van der Waals surface area contributed by atoms with Crippen LogP contribution < -0.4 is 0 Å². The summed E-state index contributed by atoms with van der Waals surface area (Å²) >= 11 is 0. The summed E-state index contributed by atoms with van der Waals surface area (Å²) in [5.41, 5.74) is 3.55. The van der Waals surface area contributed by atoms with E-state index in [0.717, 1.165) is 12.0 Å². The lowest BCUT2D eigenvalue weighted by atomic mass is 9.89. The van der Waals surface area contributed by atoms with E-state index in [4.69, 9.17) is 0 Å². The van der Waals surface area contributed by atoms with Crippen LogP contribution in [0.1, 0.15) is 39.7 Å². The van der Waals surface area contributed by atoms with Gasteiger partial charge >= 0.3 is 0 Å². The van der Waals surface area contributed by atoms with Crippen LogP contribution in [-0.2, 0) is 4.79 Å². The molecule has 1 unspecified atom stereocenters. The van der Waals surface area contributed by atoms with Crippen molar-refractivity contribution in [2.24, 2.45) is 17.8 Å². The maximum Gasteiger partial charge on any atom is 0.163 e. The average Bonchev–Trinajstić information content (AvgIpc) is 2.68. The molecular weight excluding hydrogens is 220 g/mol. The van der Waals surface area contributed by atoms with Gasteiger partial charge in [0.1, 0.15) is 0 Å². The van der Waals surface area contributed by atoms with Crippen molar-refractivity contribution in [3.63, 3.8) is 0 Å². The van der Waals surface area contributed by atoms with Crippen LogP contribution in [0, 0.1) is 17.8 Å². The van der Waals surface area contributed by atoms with Crippen molar-refractivity contribution in [3.8, 4) is 0 Å². The lowest BCUT2D eigenvalue weighted by molar-refractivity contribution is -0.119. The summed E-state index contributed by atoms with van der Waals surface area (Å²) in [5, 5.41) is 0. The second-order valence-electron chi connectivity index (χ2n) is 5.83. The largest absolute Gasteiger partial charge is 0.294 e. The Morgan fingerprint density at radius 3 is 2.17 bits per heavy atom. The zero-order valence-corrected chi connectivity index (χ0v) is 11.7. The molecule has 0 radical (unpaired) electrons. The molecule has 18 heavy (non-hydrogen) atoms. The van der Waals surface area contributed by atoms with E-state index < -0.39 is 0 Å². The maximum atomic E-state index is 12.5. The van der Waals surface area contributed by atoms with Gasteiger partial charge in [0.05, 0.1) is 0 Å². The van der Waals surface area contributed by atoms with Gasteiger partial charge in [-0.15, -0.1) is 0 Å². The van der Waals surface area contributed by atoms with E-state index in [9.17, 15) is 4.79 Å².